The molecule has 180 valence electrons. The molecule has 0 aliphatic rings. The maximum atomic E-state index is 13.5. The highest BCUT2D eigenvalue weighted by atomic mass is 32.2. The summed E-state index contributed by atoms with van der Waals surface area (Å²) in [6.45, 7) is 3.89. The molecular weight excluding hydrogens is 449 g/mol. The number of anilines is 1. The summed E-state index contributed by atoms with van der Waals surface area (Å²) in [4.78, 5) is 10.7. The topological polar surface area (TPSA) is 115 Å². The highest BCUT2D eigenvalue weighted by Crippen LogP contribution is 2.36. The van der Waals surface area contributed by atoms with E-state index in [1.807, 2.05) is 13.8 Å². The zero-order chi connectivity index (χ0) is 24.9. The minimum absolute atomic E-state index is 0.0218. The van der Waals surface area contributed by atoms with Gasteiger partial charge in [0.2, 0.25) is 10.0 Å². The molecule has 9 heteroatoms. The second-order valence-electron chi connectivity index (χ2n) is 8.30. The molecule has 2 aromatic rings. The molecule has 33 heavy (non-hydrogen) atoms. The fourth-order valence-corrected chi connectivity index (χ4v) is 3.90. The Labute approximate surface area is 193 Å². The Morgan fingerprint density at radius 1 is 1.15 bits per heavy atom. The molecule has 0 saturated carbocycles. The van der Waals surface area contributed by atoms with Crippen LogP contribution in [-0.4, -0.2) is 55.2 Å². The summed E-state index contributed by atoms with van der Waals surface area (Å²) in [6.07, 6.45) is 1.30. The Morgan fingerprint density at radius 2 is 1.76 bits per heavy atom. The zero-order valence-electron chi connectivity index (χ0n) is 19.1. The van der Waals surface area contributed by atoms with E-state index in [0.29, 0.717) is 22.4 Å². The van der Waals surface area contributed by atoms with Crippen molar-refractivity contribution in [2.45, 2.75) is 44.8 Å². The Kier molecular flexibility index (Phi) is 8.76. The number of aliphatic hydroxyl groups is 2. The molecule has 0 saturated heterocycles. The predicted octanol–water partition coefficient (Wildman–Crippen LogP) is 3.61. The first kappa shape index (κ1) is 26.5. The molecule has 0 radical (unpaired) electrons. The number of aliphatic carboxylic acids is 1. The van der Waals surface area contributed by atoms with E-state index in [1.165, 1.54) is 25.3 Å². The van der Waals surface area contributed by atoms with Crippen molar-refractivity contribution in [3.8, 4) is 11.1 Å². The molecule has 0 fully saturated rings. The monoisotopic (exact) mass is 479 g/mol. The number of carbonyl (C=O) groups is 1. The lowest BCUT2D eigenvalue weighted by molar-refractivity contribution is -0.139. The Hall–Kier alpha value is -2.75. The van der Waals surface area contributed by atoms with Gasteiger partial charge in [-0.15, -0.1) is 0 Å². The van der Waals surface area contributed by atoms with E-state index in [1.54, 1.807) is 30.3 Å². The highest BCUT2D eigenvalue weighted by molar-refractivity contribution is 7.92. The quantitative estimate of drug-likeness (QED) is 0.480. The van der Waals surface area contributed by atoms with Crippen molar-refractivity contribution in [3.05, 3.63) is 59.4 Å². The third-order valence-electron chi connectivity index (χ3n) is 5.24. The summed E-state index contributed by atoms with van der Waals surface area (Å²) in [7, 11) is -2.08. The van der Waals surface area contributed by atoms with Crippen molar-refractivity contribution in [1.82, 2.24) is 0 Å². The van der Waals surface area contributed by atoms with E-state index in [4.69, 9.17) is 5.11 Å². The smallest absolute Gasteiger partial charge is 0.305 e. The van der Waals surface area contributed by atoms with Crippen LogP contribution < -0.4 is 4.31 Å². The normalized spacial score (nSPS) is 13.9. The molecule has 0 aromatic heterocycles. The molecule has 0 aliphatic heterocycles. The van der Waals surface area contributed by atoms with Crippen molar-refractivity contribution >= 4 is 27.8 Å². The number of carboxylic acids is 1. The third-order valence-corrected chi connectivity index (χ3v) is 6.45. The van der Waals surface area contributed by atoms with Crippen molar-refractivity contribution in [3.63, 3.8) is 0 Å². The molecule has 3 N–H and O–H groups in total. The maximum Gasteiger partial charge on any atom is 0.305 e. The molecule has 2 aromatic carbocycles. The summed E-state index contributed by atoms with van der Waals surface area (Å²) >= 11 is 0. The second-order valence-corrected chi connectivity index (χ2v) is 10.3. The number of benzene rings is 2. The molecule has 0 aliphatic carbocycles. The van der Waals surface area contributed by atoms with E-state index in [9.17, 15) is 27.8 Å². The number of nitrogens with zero attached hydrogens (tertiary/aromatic N) is 1. The second kappa shape index (κ2) is 10.9. The average molecular weight is 480 g/mol. The van der Waals surface area contributed by atoms with Crippen LogP contribution in [-0.2, 0) is 14.8 Å². The largest absolute Gasteiger partial charge is 0.481 e. The Balaban J connectivity index is 2.61. The zero-order valence-corrected chi connectivity index (χ0v) is 19.9. The number of sulfonamides is 1. The van der Waals surface area contributed by atoms with Gasteiger partial charge >= 0.3 is 5.97 Å². The summed E-state index contributed by atoms with van der Waals surface area (Å²) < 4.78 is 39.0. The van der Waals surface area contributed by atoms with Crippen LogP contribution in [0.15, 0.2) is 42.5 Å². The van der Waals surface area contributed by atoms with Gasteiger partial charge in [0.15, 0.2) is 0 Å². The first-order valence-electron chi connectivity index (χ1n) is 10.4. The highest BCUT2D eigenvalue weighted by Gasteiger charge is 2.20. The van der Waals surface area contributed by atoms with Crippen molar-refractivity contribution in [2.24, 2.45) is 0 Å². The maximum absolute atomic E-state index is 13.5. The fraction of sp³-hybridized carbons (Fsp3) is 0.375. The van der Waals surface area contributed by atoms with Gasteiger partial charge in [-0.2, -0.15) is 0 Å². The van der Waals surface area contributed by atoms with Gasteiger partial charge in [-0.05, 0) is 52.4 Å². The molecule has 0 bridgehead atoms. The van der Waals surface area contributed by atoms with Gasteiger partial charge in [-0.3, -0.25) is 9.10 Å². The predicted molar refractivity (Wildman–Crippen MR) is 127 cm³/mol. The first-order valence-corrected chi connectivity index (χ1v) is 12.3. The van der Waals surface area contributed by atoms with Gasteiger partial charge in [0.1, 0.15) is 5.82 Å². The molecule has 2 atom stereocenters. The standard InChI is InChI=1S/C24H30FNO6S/c1-15(2)22-11-18(26(3)33(4,31)32)12-23(16-5-7-17(25)8-6-16)21(22)10-9-19(27)13-20(28)14-24(29)30/h5-12,15,19-20,27-28H,13-14H2,1-4H3,(H,29,30)/b10-9+/t19-,20-/m1/s1. The SMILES string of the molecule is CC(C)c1cc(N(C)S(C)(=O)=O)cc(-c2ccc(F)cc2)c1/C=C/[C@@H](O)C[C@@H](O)CC(=O)O. The van der Waals surface area contributed by atoms with Crippen LogP contribution in [0.3, 0.4) is 0 Å². The number of hydrogen-bond acceptors (Lipinski definition) is 5. The number of rotatable bonds is 10. The van der Waals surface area contributed by atoms with Gasteiger partial charge in [0.05, 0.1) is 30.6 Å². The van der Waals surface area contributed by atoms with E-state index in [2.05, 4.69) is 0 Å². The van der Waals surface area contributed by atoms with Gasteiger partial charge in [-0.1, -0.05) is 38.1 Å². The van der Waals surface area contributed by atoms with Crippen LogP contribution in [0, 0.1) is 5.82 Å². The molecule has 0 amide bonds. The molecule has 2 rings (SSSR count). The molecule has 0 spiro atoms. The summed E-state index contributed by atoms with van der Waals surface area (Å²) in [6, 6.07) is 9.23. The van der Waals surface area contributed by atoms with Gasteiger partial charge in [0.25, 0.3) is 0 Å². The number of halogens is 1. The van der Waals surface area contributed by atoms with E-state index in [-0.39, 0.29) is 12.3 Å². The fourth-order valence-electron chi connectivity index (χ4n) is 3.41. The molecule has 0 unspecified atom stereocenters. The van der Waals surface area contributed by atoms with Crippen molar-refractivity contribution in [1.29, 1.82) is 0 Å². The van der Waals surface area contributed by atoms with Crippen LogP contribution >= 0.6 is 0 Å². The number of carboxylic acid groups (broad SMARTS) is 1. The lowest BCUT2D eigenvalue weighted by Gasteiger charge is -2.23. The minimum atomic E-state index is -3.53. The summed E-state index contributed by atoms with van der Waals surface area (Å²) in [5.74, 6) is -1.59. The summed E-state index contributed by atoms with van der Waals surface area (Å²) in [5.41, 5.74) is 3.24. The van der Waals surface area contributed by atoms with Crippen LogP contribution in [0.4, 0.5) is 10.1 Å². The Morgan fingerprint density at radius 3 is 2.27 bits per heavy atom. The van der Waals surface area contributed by atoms with Crippen LogP contribution in [0.1, 0.15) is 43.7 Å². The van der Waals surface area contributed by atoms with E-state index < -0.39 is 40.4 Å². The molecular formula is C24H30FNO6S. The van der Waals surface area contributed by atoms with Gasteiger partial charge in [-0.25, -0.2) is 12.8 Å². The van der Waals surface area contributed by atoms with Crippen molar-refractivity contribution in [2.75, 3.05) is 17.6 Å². The van der Waals surface area contributed by atoms with Crippen LogP contribution in [0.25, 0.3) is 17.2 Å². The minimum Gasteiger partial charge on any atom is -0.481 e. The third kappa shape index (κ3) is 7.38. The van der Waals surface area contributed by atoms with Gasteiger partial charge < -0.3 is 15.3 Å². The van der Waals surface area contributed by atoms with Crippen LogP contribution in [0.2, 0.25) is 0 Å². The van der Waals surface area contributed by atoms with Crippen LogP contribution in [0.5, 0.6) is 0 Å². The lowest BCUT2D eigenvalue weighted by atomic mass is 9.88. The Bertz CT molecular complexity index is 1110. The van der Waals surface area contributed by atoms with E-state index in [0.717, 1.165) is 16.1 Å². The molecule has 0 heterocycles. The first-order chi connectivity index (χ1) is 15.3. The van der Waals surface area contributed by atoms with Gasteiger partial charge in [0, 0.05) is 13.5 Å². The average Bonchev–Trinajstić information content (AvgIpc) is 2.70. The van der Waals surface area contributed by atoms with E-state index >= 15 is 0 Å². The summed E-state index contributed by atoms with van der Waals surface area (Å²) in [5, 5.41) is 28.9. The molecule has 7 nitrogen and oxygen atoms in total. The number of aliphatic hydroxyl groups excluding tert-OH is 2. The van der Waals surface area contributed by atoms with Crippen molar-refractivity contribution < 1.29 is 32.9 Å². The number of hydrogen-bond donors (Lipinski definition) is 3. The lowest BCUT2D eigenvalue weighted by Crippen LogP contribution is -2.25.